The van der Waals surface area contributed by atoms with E-state index in [9.17, 15) is 0 Å². The maximum atomic E-state index is 5.68. The average molecular weight is 412 g/mol. The number of para-hydroxylation sites is 2. The number of aromatic nitrogens is 5. The third kappa shape index (κ3) is 3.39. The second-order valence-corrected chi connectivity index (χ2v) is 8.59. The fourth-order valence-corrected chi connectivity index (χ4v) is 4.65. The second-order valence-electron chi connectivity index (χ2n) is 7.16. The number of tetrazole rings is 1. The molecule has 2 aromatic carbocycles. The van der Waals surface area contributed by atoms with Crippen molar-refractivity contribution in [3.63, 3.8) is 0 Å². The maximum absolute atomic E-state index is 5.68. The van der Waals surface area contributed by atoms with Crippen molar-refractivity contribution in [2.24, 2.45) is 0 Å². The summed E-state index contributed by atoms with van der Waals surface area (Å²) in [7, 11) is 2.14. The summed E-state index contributed by atoms with van der Waals surface area (Å²) in [4.78, 5) is 6.05. The van der Waals surface area contributed by atoms with Gasteiger partial charge in [0.25, 0.3) is 0 Å². The SMILES string of the molecule is Cc1cccc(C)c1-n1nnn(C[NH+](C)[C@H](C)c2nc3ccccc3s2)c1=S. The zero-order valence-electron chi connectivity index (χ0n) is 16.4. The first kappa shape index (κ1) is 18.9. The molecule has 0 saturated heterocycles. The Balaban J connectivity index is 1.59. The van der Waals surface area contributed by atoms with Gasteiger partial charge in [-0.15, -0.1) is 11.3 Å². The number of quaternary nitrogens is 1. The largest absolute Gasteiger partial charge is 0.311 e. The van der Waals surface area contributed by atoms with Crippen LogP contribution in [0.1, 0.15) is 29.1 Å². The quantitative estimate of drug-likeness (QED) is 0.512. The van der Waals surface area contributed by atoms with Gasteiger partial charge in [0.15, 0.2) is 11.7 Å². The highest BCUT2D eigenvalue weighted by Gasteiger charge is 2.21. The van der Waals surface area contributed by atoms with Crippen LogP contribution in [0.5, 0.6) is 0 Å². The molecule has 4 rings (SSSR count). The average Bonchev–Trinajstić information content (AvgIpc) is 3.26. The van der Waals surface area contributed by atoms with Crippen LogP contribution in [0.3, 0.4) is 0 Å². The van der Waals surface area contributed by atoms with Crippen LogP contribution in [0.25, 0.3) is 15.9 Å². The monoisotopic (exact) mass is 411 g/mol. The fourth-order valence-electron chi connectivity index (χ4n) is 3.31. The minimum Gasteiger partial charge on any atom is -0.311 e. The number of nitrogens with zero attached hydrogens (tertiary/aromatic N) is 5. The molecule has 4 aromatic rings. The molecule has 2 aromatic heterocycles. The van der Waals surface area contributed by atoms with Crippen LogP contribution in [0.4, 0.5) is 0 Å². The lowest BCUT2D eigenvalue weighted by Gasteiger charge is -2.19. The molecule has 144 valence electrons. The van der Waals surface area contributed by atoms with Crippen molar-refractivity contribution in [1.29, 1.82) is 0 Å². The van der Waals surface area contributed by atoms with Gasteiger partial charge in [0.05, 0.1) is 23.0 Å². The zero-order chi connectivity index (χ0) is 19.8. The normalized spacial score (nSPS) is 13.7. The Hall–Kier alpha value is -2.42. The predicted molar refractivity (Wildman–Crippen MR) is 115 cm³/mol. The number of benzene rings is 2. The van der Waals surface area contributed by atoms with Crippen LogP contribution in [0.15, 0.2) is 42.5 Å². The summed E-state index contributed by atoms with van der Waals surface area (Å²) in [5.41, 5.74) is 4.33. The van der Waals surface area contributed by atoms with Crippen LogP contribution in [-0.2, 0) is 6.67 Å². The van der Waals surface area contributed by atoms with Crippen molar-refractivity contribution in [2.45, 2.75) is 33.5 Å². The van der Waals surface area contributed by atoms with Gasteiger partial charge in [-0.25, -0.2) is 4.98 Å². The molecule has 28 heavy (non-hydrogen) atoms. The van der Waals surface area contributed by atoms with Gasteiger partial charge in [0.2, 0.25) is 4.77 Å². The Bertz CT molecular complexity index is 1140. The lowest BCUT2D eigenvalue weighted by Crippen LogP contribution is -3.08. The van der Waals surface area contributed by atoms with E-state index in [2.05, 4.69) is 68.6 Å². The molecule has 2 heterocycles. The Morgan fingerprint density at radius 1 is 1.07 bits per heavy atom. The number of rotatable bonds is 5. The van der Waals surface area contributed by atoms with Crippen LogP contribution >= 0.6 is 23.6 Å². The van der Waals surface area contributed by atoms with Crippen molar-refractivity contribution in [3.05, 3.63) is 63.4 Å². The van der Waals surface area contributed by atoms with Gasteiger partial charge in [-0.3, -0.25) is 0 Å². The molecule has 0 aliphatic carbocycles. The number of aryl methyl sites for hydroxylation is 2. The molecule has 1 unspecified atom stereocenters. The Morgan fingerprint density at radius 2 is 1.79 bits per heavy atom. The van der Waals surface area contributed by atoms with Crippen LogP contribution in [-0.4, -0.2) is 31.8 Å². The van der Waals surface area contributed by atoms with Gasteiger partial charge in [0.1, 0.15) is 6.04 Å². The molecule has 6 nitrogen and oxygen atoms in total. The summed E-state index contributed by atoms with van der Waals surface area (Å²) in [6.07, 6.45) is 0. The molecule has 0 amide bonds. The van der Waals surface area contributed by atoms with Crippen LogP contribution < -0.4 is 4.90 Å². The van der Waals surface area contributed by atoms with E-state index >= 15 is 0 Å². The van der Waals surface area contributed by atoms with Crippen molar-refractivity contribution < 1.29 is 4.90 Å². The third-order valence-electron chi connectivity index (χ3n) is 5.11. The standard InChI is InChI=1S/C20H22N6S2/c1-13-8-7-9-14(2)18(13)26-20(27)25(22-23-26)12-24(4)15(3)19-21-16-10-5-6-11-17(16)28-19/h5-11,15H,12H2,1-4H3/p+1/t15-/m1/s1. The first-order valence-electron chi connectivity index (χ1n) is 9.23. The Morgan fingerprint density at radius 3 is 2.50 bits per heavy atom. The van der Waals surface area contributed by atoms with Gasteiger partial charge < -0.3 is 4.90 Å². The highest BCUT2D eigenvalue weighted by molar-refractivity contribution is 7.71. The minimum absolute atomic E-state index is 0.227. The van der Waals surface area contributed by atoms with E-state index in [1.807, 2.05) is 12.1 Å². The summed E-state index contributed by atoms with van der Waals surface area (Å²) in [6, 6.07) is 14.7. The summed E-state index contributed by atoms with van der Waals surface area (Å²) in [6.45, 7) is 6.94. The molecule has 0 fully saturated rings. The van der Waals surface area contributed by atoms with Gasteiger partial charge >= 0.3 is 0 Å². The molecule has 0 aliphatic rings. The summed E-state index contributed by atoms with van der Waals surface area (Å²) in [5, 5.41) is 9.77. The molecular weight excluding hydrogens is 388 g/mol. The van der Waals surface area contributed by atoms with E-state index in [0.29, 0.717) is 11.4 Å². The van der Waals surface area contributed by atoms with Crippen molar-refractivity contribution >= 4 is 33.8 Å². The smallest absolute Gasteiger partial charge is 0.225 e. The number of nitrogens with one attached hydrogen (secondary N) is 1. The summed E-state index contributed by atoms with van der Waals surface area (Å²) < 4.78 is 5.37. The van der Waals surface area contributed by atoms with Crippen molar-refractivity contribution in [2.75, 3.05) is 7.05 Å². The first-order chi connectivity index (χ1) is 13.5. The molecule has 0 bridgehead atoms. The lowest BCUT2D eigenvalue weighted by molar-refractivity contribution is -0.933. The summed E-state index contributed by atoms with van der Waals surface area (Å²) >= 11 is 7.42. The molecule has 2 atom stereocenters. The molecule has 0 spiro atoms. The van der Waals surface area contributed by atoms with Crippen LogP contribution in [0.2, 0.25) is 0 Å². The fraction of sp³-hybridized carbons (Fsp3) is 0.300. The minimum atomic E-state index is 0.227. The highest BCUT2D eigenvalue weighted by atomic mass is 32.1. The molecule has 8 heteroatoms. The molecule has 0 saturated carbocycles. The zero-order valence-corrected chi connectivity index (χ0v) is 18.0. The Labute approximate surface area is 173 Å². The number of hydrogen-bond donors (Lipinski definition) is 1. The van der Waals surface area contributed by atoms with Crippen molar-refractivity contribution in [1.82, 2.24) is 24.8 Å². The molecular formula is C20H23N6S2+. The summed E-state index contributed by atoms with van der Waals surface area (Å²) in [5.74, 6) is 0. The van der Waals surface area contributed by atoms with Crippen molar-refractivity contribution in [3.8, 4) is 5.69 Å². The number of fused-ring (bicyclic) bond motifs is 1. The second kappa shape index (κ2) is 7.54. The Kier molecular flexibility index (Phi) is 5.09. The molecule has 0 radical (unpaired) electrons. The van der Waals surface area contributed by atoms with Gasteiger partial charge in [-0.1, -0.05) is 30.3 Å². The molecule has 1 N–H and O–H groups in total. The highest BCUT2D eigenvalue weighted by Crippen LogP contribution is 2.24. The van der Waals surface area contributed by atoms with Gasteiger partial charge in [0, 0.05) is 0 Å². The molecule has 0 aliphatic heterocycles. The topological polar surface area (TPSA) is 53.0 Å². The predicted octanol–water partition coefficient (Wildman–Crippen LogP) is 3.26. The first-order valence-corrected chi connectivity index (χ1v) is 10.5. The van der Waals surface area contributed by atoms with E-state index in [4.69, 9.17) is 17.2 Å². The number of hydrogen-bond acceptors (Lipinski definition) is 5. The van der Waals surface area contributed by atoms with Gasteiger partial charge in [-0.05, 0) is 66.7 Å². The number of thiazole rings is 1. The third-order valence-corrected chi connectivity index (χ3v) is 6.71. The van der Waals surface area contributed by atoms with E-state index in [0.717, 1.165) is 27.3 Å². The van der Waals surface area contributed by atoms with E-state index in [-0.39, 0.29) is 6.04 Å². The van der Waals surface area contributed by atoms with Gasteiger partial charge in [-0.2, -0.15) is 9.36 Å². The van der Waals surface area contributed by atoms with Crippen LogP contribution in [0, 0.1) is 18.6 Å². The van der Waals surface area contributed by atoms with E-state index in [1.165, 1.54) is 9.60 Å². The van der Waals surface area contributed by atoms with E-state index in [1.54, 1.807) is 20.7 Å². The van der Waals surface area contributed by atoms with E-state index < -0.39 is 0 Å². The maximum Gasteiger partial charge on any atom is 0.225 e. The lowest BCUT2D eigenvalue weighted by atomic mass is 10.1.